The van der Waals surface area contributed by atoms with Crippen LogP contribution in [0.1, 0.15) is 11.3 Å². The highest BCUT2D eigenvalue weighted by Gasteiger charge is 2.17. The van der Waals surface area contributed by atoms with Crippen LogP contribution in [-0.2, 0) is 11.4 Å². The quantitative estimate of drug-likeness (QED) is 0.574. The lowest BCUT2D eigenvalue weighted by Crippen LogP contribution is -2.16. The van der Waals surface area contributed by atoms with Crippen LogP contribution in [0.3, 0.4) is 0 Å². The van der Waals surface area contributed by atoms with Crippen molar-refractivity contribution in [3.05, 3.63) is 64.6 Å². The fourth-order valence-electron chi connectivity index (χ4n) is 2.89. The number of fused-ring (bicyclic) bond motifs is 1. The Bertz CT molecular complexity index is 1030. The molecule has 1 N–H and O–H groups in total. The zero-order valence-corrected chi connectivity index (χ0v) is 17.1. The Balaban J connectivity index is 1.44. The van der Waals surface area contributed by atoms with Crippen LogP contribution in [0.15, 0.2) is 53.4 Å². The Labute approximate surface area is 177 Å². The summed E-state index contributed by atoms with van der Waals surface area (Å²) in [5.41, 5.74) is 3.94. The molecule has 1 aliphatic rings. The third kappa shape index (κ3) is 4.72. The summed E-state index contributed by atoms with van der Waals surface area (Å²) in [6, 6.07) is 10.9. The molecule has 4 rings (SSSR count). The Hall–Kier alpha value is -3.52. The standard InChI is InChI=1S/C22H20N2O5S/c1-26-19-10-15(11-20-22(19)28-9-8-27-20)6-7-21(25)24-17-4-2-3-5-18(17)29-12-16-13-30-14-23-16/h2-7,10-11,13-14H,8-9,12H2,1H3,(H,24,25)/b7-6+. The van der Waals surface area contributed by atoms with Crippen molar-refractivity contribution in [1.82, 2.24) is 4.98 Å². The molecule has 0 saturated heterocycles. The molecule has 0 unspecified atom stereocenters. The number of para-hydroxylation sites is 2. The van der Waals surface area contributed by atoms with E-state index in [0.717, 1.165) is 11.3 Å². The molecule has 8 heteroatoms. The maximum Gasteiger partial charge on any atom is 0.248 e. The largest absolute Gasteiger partial charge is 0.493 e. The third-order valence-corrected chi connectivity index (χ3v) is 4.92. The predicted octanol–water partition coefficient (Wildman–Crippen LogP) is 4.15. The van der Waals surface area contributed by atoms with Gasteiger partial charge < -0.3 is 24.3 Å². The molecule has 0 bridgehead atoms. The summed E-state index contributed by atoms with van der Waals surface area (Å²) in [5.74, 6) is 2.04. The molecule has 1 aromatic heterocycles. The number of rotatable bonds is 7. The van der Waals surface area contributed by atoms with E-state index >= 15 is 0 Å². The van der Waals surface area contributed by atoms with Gasteiger partial charge in [0.2, 0.25) is 11.7 Å². The minimum Gasteiger partial charge on any atom is -0.493 e. The molecule has 2 heterocycles. The second-order valence-electron chi connectivity index (χ2n) is 6.33. The van der Waals surface area contributed by atoms with Crippen LogP contribution < -0.4 is 24.3 Å². The van der Waals surface area contributed by atoms with Crippen LogP contribution in [0.5, 0.6) is 23.0 Å². The molecule has 0 aliphatic carbocycles. The number of carbonyl (C=O) groups excluding carboxylic acids is 1. The highest BCUT2D eigenvalue weighted by molar-refractivity contribution is 7.07. The van der Waals surface area contributed by atoms with Crippen LogP contribution >= 0.6 is 11.3 Å². The number of amides is 1. The Morgan fingerprint density at radius 3 is 2.93 bits per heavy atom. The first-order valence-corrected chi connectivity index (χ1v) is 10.2. The van der Waals surface area contributed by atoms with Crippen LogP contribution in [0.2, 0.25) is 0 Å². The SMILES string of the molecule is COc1cc(/C=C/C(=O)Nc2ccccc2OCc2cscn2)cc2c1OCCO2. The van der Waals surface area contributed by atoms with Crippen molar-refractivity contribution in [3.8, 4) is 23.0 Å². The summed E-state index contributed by atoms with van der Waals surface area (Å²) >= 11 is 1.51. The summed E-state index contributed by atoms with van der Waals surface area (Å²) in [7, 11) is 1.57. The number of hydrogen-bond donors (Lipinski definition) is 1. The van der Waals surface area contributed by atoms with Crippen LogP contribution in [-0.4, -0.2) is 31.2 Å². The van der Waals surface area contributed by atoms with Gasteiger partial charge in [-0.3, -0.25) is 4.79 Å². The molecule has 7 nitrogen and oxygen atoms in total. The zero-order chi connectivity index (χ0) is 20.8. The second-order valence-corrected chi connectivity index (χ2v) is 7.05. The highest BCUT2D eigenvalue weighted by Crippen LogP contribution is 2.40. The number of aromatic nitrogens is 1. The lowest BCUT2D eigenvalue weighted by atomic mass is 10.1. The molecule has 154 valence electrons. The van der Waals surface area contributed by atoms with Crippen molar-refractivity contribution >= 4 is 29.0 Å². The van der Waals surface area contributed by atoms with Crippen molar-refractivity contribution in [1.29, 1.82) is 0 Å². The number of hydrogen-bond acceptors (Lipinski definition) is 7. The topological polar surface area (TPSA) is 78.9 Å². The third-order valence-electron chi connectivity index (χ3n) is 4.28. The fraction of sp³-hybridized carbons (Fsp3) is 0.182. The van der Waals surface area contributed by atoms with E-state index in [9.17, 15) is 4.79 Å². The van der Waals surface area contributed by atoms with Crippen LogP contribution in [0.4, 0.5) is 5.69 Å². The summed E-state index contributed by atoms with van der Waals surface area (Å²) in [5, 5.41) is 4.77. The number of nitrogens with zero attached hydrogens (tertiary/aromatic N) is 1. The van der Waals surface area contributed by atoms with Gasteiger partial charge in [0.1, 0.15) is 25.6 Å². The van der Waals surface area contributed by atoms with Crippen LogP contribution in [0, 0.1) is 0 Å². The van der Waals surface area contributed by atoms with E-state index in [1.165, 1.54) is 17.4 Å². The average molecular weight is 424 g/mol. The number of ether oxygens (including phenoxy) is 4. The molecule has 1 aliphatic heterocycles. The van der Waals surface area contributed by atoms with Crippen molar-refractivity contribution in [2.45, 2.75) is 6.61 Å². The molecular formula is C22H20N2O5S. The first kappa shape index (κ1) is 19.8. The predicted molar refractivity (Wildman–Crippen MR) is 115 cm³/mol. The number of carbonyl (C=O) groups is 1. The van der Waals surface area contributed by atoms with Gasteiger partial charge in [0.05, 0.1) is 24.0 Å². The Morgan fingerprint density at radius 2 is 2.10 bits per heavy atom. The lowest BCUT2D eigenvalue weighted by molar-refractivity contribution is -0.111. The van der Waals surface area contributed by atoms with Gasteiger partial charge in [-0.05, 0) is 35.9 Å². The summed E-state index contributed by atoms with van der Waals surface area (Å²) < 4.78 is 22.4. The number of benzene rings is 2. The van der Waals surface area contributed by atoms with Gasteiger partial charge in [-0.1, -0.05) is 12.1 Å². The lowest BCUT2D eigenvalue weighted by Gasteiger charge is -2.20. The molecule has 0 radical (unpaired) electrons. The second kappa shape index (κ2) is 9.32. The number of nitrogens with one attached hydrogen (secondary N) is 1. The van der Waals surface area contributed by atoms with Gasteiger partial charge in [0.15, 0.2) is 11.5 Å². The first-order chi connectivity index (χ1) is 14.7. The molecular weight excluding hydrogens is 404 g/mol. The van der Waals surface area contributed by atoms with Crippen LogP contribution in [0.25, 0.3) is 6.08 Å². The van der Waals surface area contributed by atoms with E-state index in [2.05, 4.69) is 10.3 Å². The van der Waals surface area contributed by atoms with Gasteiger partial charge in [-0.2, -0.15) is 0 Å². The highest BCUT2D eigenvalue weighted by atomic mass is 32.1. The van der Waals surface area contributed by atoms with E-state index in [1.807, 2.05) is 23.6 Å². The van der Waals surface area contributed by atoms with Gasteiger partial charge in [0.25, 0.3) is 0 Å². The maximum atomic E-state index is 12.5. The number of methoxy groups -OCH3 is 1. The van der Waals surface area contributed by atoms with Crippen molar-refractivity contribution < 1.29 is 23.7 Å². The monoisotopic (exact) mass is 424 g/mol. The normalized spacial score (nSPS) is 12.6. The van der Waals surface area contributed by atoms with Gasteiger partial charge >= 0.3 is 0 Å². The van der Waals surface area contributed by atoms with Gasteiger partial charge in [-0.25, -0.2) is 4.98 Å². The van der Waals surface area contributed by atoms with Gasteiger partial charge in [-0.15, -0.1) is 11.3 Å². The van der Waals surface area contributed by atoms with Crippen molar-refractivity contribution in [2.75, 3.05) is 25.6 Å². The maximum absolute atomic E-state index is 12.5. The van der Waals surface area contributed by atoms with Crippen molar-refractivity contribution in [3.63, 3.8) is 0 Å². The Morgan fingerprint density at radius 1 is 1.23 bits per heavy atom. The molecule has 0 fully saturated rings. The minimum absolute atomic E-state index is 0.284. The van der Waals surface area contributed by atoms with E-state index in [4.69, 9.17) is 18.9 Å². The molecule has 2 aromatic carbocycles. The van der Waals surface area contributed by atoms with Gasteiger partial charge in [0, 0.05) is 11.5 Å². The fourth-order valence-corrected chi connectivity index (χ4v) is 3.44. The summed E-state index contributed by atoms with van der Waals surface area (Å²) in [6.45, 7) is 1.29. The minimum atomic E-state index is -0.284. The molecule has 3 aromatic rings. The Kier molecular flexibility index (Phi) is 6.14. The first-order valence-electron chi connectivity index (χ1n) is 9.28. The van der Waals surface area contributed by atoms with E-state index in [0.29, 0.717) is 48.5 Å². The smallest absolute Gasteiger partial charge is 0.248 e. The molecule has 0 saturated carbocycles. The van der Waals surface area contributed by atoms with E-state index < -0.39 is 0 Å². The van der Waals surface area contributed by atoms with E-state index in [1.54, 1.807) is 36.9 Å². The molecule has 0 atom stereocenters. The number of thiazole rings is 1. The zero-order valence-electron chi connectivity index (χ0n) is 16.3. The molecule has 1 amide bonds. The summed E-state index contributed by atoms with van der Waals surface area (Å²) in [4.78, 5) is 16.7. The number of anilines is 1. The van der Waals surface area contributed by atoms with E-state index in [-0.39, 0.29) is 5.91 Å². The summed E-state index contributed by atoms with van der Waals surface area (Å²) in [6.07, 6.45) is 3.14. The molecule has 30 heavy (non-hydrogen) atoms. The molecule has 0 spiro atoms. The average Bonchev–Trinajstić information content (AvgIpc) is 3.30. The van der Waals surface area contributed by atoms with Crippen molar-refractivity contribution in [2.24, 2.45) is 0 Å².